The van der Waals surface area contributed by atoms with Crippen molar-refractivity contribution in [2.45, 2.75) is 6.10 Å². The topological polar surface area (TPSA) is 45.2 Å². The number of benzene rings is 2. The molecule has 2 aromatic rings. The molecule has 0 amide bonds. The summed E-state index contributed by atoms with van der Waals surface area (Å²) in [7, 11) is 0. The van der Waals surface area contributed by atoms with Gasteiger partial charge < -0.3 is 14.6 Å². The van der Waals surface area contributed by atoms with Crippen molar-refractivity contribution in [1.29, 1.82) is 0 Å². The Balaban J connectivity index is 1.23. The lowest BCUT2D eigenvalue weighted by atomic mass is 10.1. The van der Waals surface area contributed by atoms with Crippen molar-refractivity contribution in [3.8, 4) is 5.75 Å². The third kappa shape index (κ3) is 6.96. The first-order chi connectivity index (χ1) is 13.3. The predicted molar refractivity (Wildman–Crippen MR) is 107 cm³/mol. The van der Waals surface area contributed by atoms with Gasteiger partial charge in [0.05, 0.1) is 19.3 Å². The Bertz CT molecular complexity index is 631. The molecule has 1 N–H and O–H groups in total. The fourth-order valence-electron chi connectivity index (χ4n) is 3.25. The van der Waals surface area contributed by atoms with Crippen molar-refractivity contribution in [3.05, 3.63) is 66.2 Å². The second kappa shape index (κ2) is 11.0. The number of ether oxygens (including phenoxy) is 2. The maximum absolute atomic E-state index is 10.4. The number of piperazine rings is 1. The molecule has 3 rings (SSSR count). The van der Waals surface area contributed by atoms with E-state index in [0.717, 1.165) is 50.6 Å². The largest absolute Gasteiger partial charge is 0.491 e. The molecule has 1 heterocycles. The molecule has 1 saturated heterocycles. The molecule has 146 valence electrons. The van der Waals surface area contributed by atoms with Gasteiger partial charge in [-0.3, -0.25) is 9.80 Å². The Morgan fingerprint density at radius 1 is 0.778 bits per heavy atom. The van der Waals surface area contributed by atoms with E-state index in [1.54, 1.807) is 0 Å². The molecule has 5 nitrogen and oxygen atoms in total. The van der Waals surface area contributed by atoms with E-state index in [0.29, 0.717) is 19.8 Å². The second-order valence-electron chi connectivity index (χ2n) is 6.84. The number of β-amino-alcohol motifs (C(OH)–C–C–N with tert-alkyl or cyclic N) is 1. The van der Waals surface area contributed by atoms with E-state index in [9.17, 15) is 5.11 Å². The minimum Gasteiger partial charge on any atom is -0.491 e. The highest BCUT2D eigenvalue weighted by molar-refractivity contribution is 5.20. The van der Waals surface area contributed by atoms with Gasteiger partial charge in [0, 0.05) is 39.3 Å². The van der Waals surface area contributed by atoms with Crippen LogP contribution in [0.5, 0.6) is 5.75 Å². The molecule has 5 heteroatoms. The van der Waals surface area contributed by atoms with E-state index in [1.807, 2.05) is 60.7 Å². The Labute approximate surface area is 162 Å². The summed E-state index contributed by atoms with van der Waals surface area (Å²) in [6, 6.07) is 19.7. The van der Waals surface area contributed by atoms with E-state index >= 15 is 0 Å². The zero-order valence-electron chi connectivity index (χ0n) is 15.9. The summed E-state index contributed by atoms with van der Waals surface area (Å²) in [5, 5.41) is 10.4. The number of rotatable bonds is 10. The lowest BCUT2D eigenvalue weighted by molar-refractivity contribution is 0.0463. The number of hydrogen-bond donors (Lipinski definition) is 1. The minimum atomic E-state index is -0.411. The van der Waals surface area contributed by atoms with Crippen molar-refractivity contribution in [1.82, 2.24) is 9.80 Å². The van der Waals surface area contributed by atoms with Crippen molar-refractivity contribution in [2.24, 2.45) is 0 Å². The van der Waals surface area contributed by atoms with Crippen LogP contribution < -0.4 is 4.74 Å². The van der Waals surface area contributed by atoms with Crippen molar-refractivity contribution in [2.75, 3.05) is 59.1 Å². The molecule has 1 unspecified atom stereocenters. The lowest BCUT2D eigenvalue weighted by Crippen LogP contribution is -2.48. The van der Waals surface area contributed by atoms with Crippen LogP contribution in [0.2, 0.25) is 0 Å². The molecule has 0 bridgehead atoms. The van der Waals surface area contributed by atoms with Crippen LogP contribution in [0.1, 0.15) is 11.7 Å². The average Bonchev–Trinajstić information content (AvgIpc) is 2.73. The van der Waals surface area contributed by atoms with Crippen LogP contribution in [0.15, 0.2) is 60.7 Å². The van der Waals surface area contributed by atoms with Crippen LogP contribution in [-0.4, -0.2) is 74.0 Å². The van der Waals surface area contributed by atoms with E-state index < -0.39 is 6.10 Å². The first kappa shape index (κ1) is 19.8. The van der Waals surface area contributed by atoms with Crippen LogP contribution in [0.4, 0.5) is 0 Å². The van der Waals surface area contributed by atoms with Crippen LogP contribution >= 0.6 is 0 Å². The second-order valence-corrected chi connectivity index (χ2v) is 6.84. The highest BCUT2D eigenvalue weighted by Gasteiger charge is 2.19. The number of para-hydroxylation sites is 1. The first-order valence-electron chi connectivity index (χ1n) is 9.74. The zero-order chi connectivity index (χ0) is 18.7. The molecule has 0 radical (unpaired) electrons. The predicted octanol–water partition coefficient (Wildman–Crippen LogP) is 2.43. The SMILES string of the molecule is OC(CN1CCN(CCOCCOc2ccccc2)CC1)c1ccccc1. The molecule has 1 fully saturated rings. The van der Waals surface area contributed by atoms with Crippen LogP contribution in [0, 0.1) is 0 Å². The van der Waals surface area contributed by atoms with Crippen LogP contribution in [0.25, 0.3) is 0 Å². The van der Waals surface area contributed by atoms with E-state index in [-0.39, 0.29) is 0 Å². The molecule has 2 aromatic carbocycles. The quantitative estimate of drug-likeness (QED) is 0.651. The highest BCUT2D eigenvalue weighted by Crippen LogP contribution is 2.15. The van der Waals surface area contributed by atoms with E-state index in [4.69, 9.17) is 9.47 Å². The maximum Gasteiger partial charge on any atom is 0.119 e. The third-order valence-electron chi connectivity index (χ3n) is 4.87. The molecule has 27 heavy (non-hydrogen) atoms. The minimum absolute atomic E-state index is 0.411. The van der Waals surface area contributed by atoms with Crippen molar-refractivity contribution in [3.63, 3.8) is 0 Å². The van der Waals surface area contributed by atoms with Gasteiger partial charge in [0.1, 0.15) is 12.4 Å². The van der Waals surface area contributed by atoms with Gasteiger partial charge in [-0.25, -0.2) is 0 Å². The fourth-order valence-corrected chi connectivity index (χ4v) is 3.25. The molecule has 1 aliphatic rings. The normalized spacial score (nSPS) is 16.9. The number of hydrogen-bond acceptors (Lipinski definition) is 5. The van der Waals surface area contributed by atoms with Gasteiger partial charge in [0.2, 0.25) is 0 Å². The highest BCUT2D eigenvalue weighted by atomic mass is 16.5. The van der Waals surface area contributed by atoms with Gasteiger partial charge in [-0.1, -0.05) is 48.5 Å². The van der Waals surface area contributed by atoms with Gasteiger partial charge in [-0.05, 0) is 17.7 Å². The molecule has 0 saturated carbocycles. The monoisotopic (exact) mass is 370 g/mol. The van der Waals surface area contributed by atoms with Crippen molar-refractivity contribution < 1.29 is 14.6 Å². The fraction of sp³-hybridized carbons (Fsp3) is 0.455. The van der Waals surface area contributed by atoms with Gasteiger partial charge in [0.25, 0.3) is 0 Å². The number of aliphatic hydroxyl groups excluding tert-OH is 1. The van der Waals surface area contributed by atoms with E-state index in [1.165, 1.54) is 0 Å². The van der Waals surface area contributed by atoms with Gasteiger partial charge >= 0.3 is 0 Å². The molecular formula is C22H30N2O3. The van der Waals surface area contributed by atoms with Gasteiger partial charge in [-0.15, -0.1) is 0 Å². The smallest absolute Gasteiger partial charge is 0.119 e. The molecule has 0 aliphatic carbocycles. The Morgan fingerprint density at radius 3 is 2.11 bits per heavy atom. The summed E-state index contributed by atoms with van der Waals surface area (Å²) in [6.45, 7) is 7.57. The Kier molecular flexibility index (Phi) is 8.11. The summed E-state index contributed by atoms with van der Waals surface area (Å²) < 4.78 is 11.3. The summed E-state index contributed by atoms with van der Waals surface area (Å²) in [4.78, 5) is 4.76. The molecule has 0 aromatic heterocycles. The third-order valence-corrected chi connectivity index (χ3v) is 4.87. The molecular weight excluding hydrogens is 340 g/mol. The Hall–Kier alpha value is -1.92. The standard InChI is InChI=1S/C22H30N2O3/c25-22(20-7-3-1-4-8-20)19-24-13-11-23(12-14-24)15-16-26-17-18-27-21-9-5-2-6-10-21/h1-10,22,25H,11-19H2. The van der Waals surface area contributed by atoms with E-state index in [2.05, 4.69) is 9.80 Å². The summed E-state index contributed by atoms with van der Waals surface area (Å²) in [6.07, 6.45) is -0.411. The summed E-state index contributed by atoms with van der Waals surface area (Å²) >= 11 is 0. The molecule has 1 atom stereocenters. The van der Waals surface area contributed by atoms with Gasteiger partial charge in [-0.2, -0.15) is 0 Å². The summed E-state index contributed by atoms with van der Waals surface area (Å²) in [5.41, 5.74) is 0.992. The molecule has 1 aliphatic heterocycles. The van der Waals surface area contributed by atoms with Gasteiger partial charge in [0.15, 0.2) is 0 Å². The lowest BCUT2D eigenvalue weighted by Gasteiger charge is -2.35. The average molecular weight is 370 g/mol. The summed E-state index contributed by atoms with van der Waals surface area (Å²) in [5.74, 6) is 0.884. The first-order valence-corrected chi connectivity index (χ1v) is 9.74. The molecule has 0 spiro atoms. The number of aliphatic hydroxyl groups is 1. The Morgan fingerprint density at radius 2 is 1.41 bits per heavy atom. The maximum atomic E-state index is 10.4. The number of nitrogens with zero attached hydrogens (tertiary/aromatic N) is 2. The zero-order valence-corrected chi connectivity index (χ0v) is 15.9. The van der Waals surface area contributed by atoms with Crippen molar-refractivity contribution >= 4 is 0 Å². The van der Waals surface area contributed by atoms with Crippen LogP contribution in [0.3, 0.4) is 0 Å². The van der Waals surface area contributed by atoms with Crippen LogP contribution in [-0.2, 0) is 4.74 Å².